The van der Waals surface area contributed by atoms with Gasteiger partial charge in [-0.3, -0.25) is 4.79 Å². The molecule has 1 aliphatic rings. The number of hydrogen-bond donors (Lipinski definition) is 1. The second-order valence-corrected chi connectivity index (χ2v) is 6.69. The maximum absolute atomic E-state index is 13.1. The predicted molar refractivity (Wildman–Crippen MR) is 90.6 cm³/mol. The van der Waals surface area contributed by atoms with Gasteiger partial charge in [0.15, 0.2) is 5.82 Å². The lowest BCUT2D eigenvalue weighted by Gasteiger charge is -2.29. The largest absolute Gasteiger partial charge is 0.416 e. The molecule has 1 fully saturated rings. The van der Waals surface area contributed by atoms with Gasteiger partial charge in [0.05, 0.1) is 11.1 Å². The molecule has 0 unspecified atom stereocenters. The lowest BCUT2D eigenvalue weighted by atomic mass is 10.0. The Morgan fingerprint density at radius 2 is 1.55 bits per heavy atom. The van der Waals surface area contributed by atoms with Gasteiger partial charge in [0.2, 0.25) is 0 Å². The van der Waals surface area contributed by atoms with E-state index in [4.69, 9.17) is 5.73 Å². The SMILES string of the molecule is NC1CCN(C(=O)c2ccnc(-c3cc(C(F)(F)F)cc(C(F)(F)F)c3)n2)CC1. The summed E-state index contributed by atoms with van der Waals surface area (Å²) in [6, 6.07) is 2.32. The fourth-order valence-corrected chi connectivity index (χ4v) is 2.97. The minimum Gasteiger partial charge on any atom is -0.337 e. The summed E-state index contributed by atoms with van der Waals surface area (Å²) >= 11 is 0. The quantitative estimate of drug-likeness (QED) is 0.755. The van der Waals surface area contributed by atoms with Gasteiger partial charge in [-0.05, 0) is 37.1 Å². The Morgan fingerprint density at radius 3 is 2.07 bits per heavy atom. The topological polar surface area (TPSA) is 72.1 Å². The molecular weight excluding hydrogens is 402 g/mol. The summed E-state index contributed by atoms with van der Waals surface area (Å²) in [5.74, 6) is -0.885. The summed E-state index contributed by atoms with van der Waals surface area (Å²) in [5.41, 5.74) is 2.23. The van der Waals surface area contributed by atoms with Crippen LogP contribution in [0.4, 0.5) is 26.3 Å². The molecule has 0 spiro atoms. The first-order chi connectivity index (χ1) is 13.4. The van der Waals surface area contributed by atoms with Crippen molar-refractivity contribution in [3.8, 4) is 11.4 Å². The number of rotatable bonds is 2. The Labute approximate surface area is 161 Å². The molecule has 0 atom stereocenters. The first-order valence-electron chi connectivity index (χ1n) is 8.63. The molecule has 0 bridgehead atoms. The first-order valence-corrected chi connectivity index (χ1v) is 8.63. The average molecular weight is 418 g/mol. The van der Waals surface area contributed by atoms with Gasteiger partial charge in [0, 0.05) is 30.9 Å². The lowest BCUT2D eigenvalue weighted by Crippen LogP contribution is -2.43. The van der Waals surface area contributed by atoms with Crippen LogP contribution in [0.3, 0.4) is 0 Å². The molecule has 5 nitrogen and oxygen atoms in total. The van der Waals surface area contributed by atoms with Gasteiger partial charge in [0.1, 0.15) is 5.69 Å². The minimum absolute atomic E-state index is 0.0223. The second-order valence-electron chi connectivity index (χ2n) is 6.69. The number of nitrogens with two attached hydrogens (primary N) is 1. The van der Waals surface area contributed by atoms with E-state index in [9.17, 15) is 31.1 Å². The lowest BCUT2D eigenvalue weighted by molar-refractivity contribution is -0.143. The summed E-state index contributed by atoms with van der Waals surface area (Å²) in [7, 11) is 0. The molecule has 29 heavy (non-hydrogen) atoms. The molecule has 1 aliphatic heterocycles. The number of halogens is 6. The Bertz CT molecular complexity index is 872. The Hall–Kier alpha value is -2.69. The number of carbonyl (C=O) groups excluding carboxylic acids is 1. The van der Waals surface area contributed by atoms with Crippen LogP contribution in [0.1, 0.15) is 34.5 Å². The van der Waals surface area contributed by atoms with Gasteiger partial charge in [0.25, 0.3) is 5.91 Å². The monoisotopic (exact) mass is 418 g/mol. The van der Waals surface area contributed by atoms with Crippen LogP contribution in [0.25, 0.3) is 11.4 Å². The molecule has 1 aromatic carbocycles. The van der Waals surface area contributed by atoms with E-state index in [1.165, 1.54) is 11.0 Å². The fraction of sp³-hybridized carbons (Fsp3) is 0.389. The molecule has 1 amide bonds. The van der Waals surface area contributed by atoms with Crippen molar-refractivity contribution in [1.82, 2.24) is 14.9 Å². The molecule has 0 saturated carbocycles. The Kier molecular flexibility index (Phi) is 5.52. The molecule has 0 aliphatic carbocycles. The average Bonchev–Trinajstić information content (AvgIpc) is 2.66. The first kappa shape index (κ1) is 21.0. The van der Waals surface area contributed by atoms with Crippen LogP contribution < -0.4 is 5.73 Å². The smallest absolute Gasteiger partial charge is 0.337 e. The van der Waals surface area contributed by atoms with Gasteiger partial charge in [-0.15, -0.1) is 0 Å². The Balaban J connectivity index is 1.99. The molecular formula is C18H16F6N4O. The standard InChI is InChI=1S/C18H16F6N4O/c19-17(20,21)11-7-10(8-12(9-11)18(22,23)24)15-26-4-1-14(27-15)16(29)28-5-2-13(25)3-6-28/h1,4,7-9,13H,2-3,5-6,25H2. The van der Waals surface area contributed by atoms with E-state index in [0.717, 1.165) is 6.20 Å². The highest BCUT2D eigenvalue weighted by molar-refractivity contribution is 5.92. The van der Waals surface area contributed by atoms with E-state index in [1.54, 1.807) is 0 Å². The predicted octanol–water partition coefficient (Wildman–Crippen LogP) is 3.74. The number of amides is 1. The van der Waals surface area contributed by atoms with Crippen molar-refractivity contribution in [2.75, 3.05) is 13.1 Å². The van der Waals surface area contributed by atoms with Gasteiger partial charge >= 0.3 is 12.4 Å². The van der Waals surface area contributed by atoms with Crippen LogP contribution in [0.5, 0.6) is 0 Å². The normalized spacial score (nSPS) is 16.2. The van der Waals surface area contributed by atoms with Crippen molar-refractivity contribution >= 4 is 5.91 Å². The van der Waals surface area contributed by atoms with E-state index >= 15 is 0 Å². The summed E-state index contributed by atoms with van der Waals surface area (Å²) in [5, 5.41) is 0. The third-order valence-corrected chi connectivity index (χ3v) is 4.55. The molecule has 0 radical (unpaired) electrons. The summed E-state index contributed by atoms with van der Waals surface area (Å²) < 4.78 is 78.3. The molecule has 11 heteroatoms. The van der Waals surface area contributed by atoms with Crippen LogP contribution in [0.2, 0.25) is 0 Å². The zero-order valence-corrected chi connectivity index (χ0v) is 14.9. The molecule has 1 saturated heterocycles. The van der Waals surface area contributed by atoms with Crippen molar-refractivity contribution in [1.29, 1.82) is 0 Å². The zero-order valence-electron chi connectivity index (χ0n) is 14.9. The molecule has 3 rings (SSSR count). The number of aromatic nitrogens is 2. The van der Waals surface area contributed by atoms with Crippen LogP contribution in [0.15, 0.2) is 30.5 Å². The zero-order chi connectivity index (χ0) is 21.4. The van der Waals surface area contributed by atoms with Gasteiger partial charge < -0.3 is 10.6 Å². The van der Waals surface area contributed by atoms with E-state index in [1.807, 2.05) is 0 Å². The molecule has 2 heterocycles. The van der Waals surface area contributed by atoms with Gasteiger partial charge in [-0.1, -0.05) is 0 Å². The van der Waals surface area contributed by atoms with Crippen molar-refractivity contribution in [2.24, 2.45) is 5.73 Å². The van der Waals surface area contributed by atoms with Crippen molar-refractivity contribution < 1.29 is 31.1 Å². The molecule has 2 N–H and O–H groups in total. The number of carbonyl (C=O) groups is 1. The van der Waals surface area contributed by atoms with E-state index in [2.05, 4.69) is 9.97 Å². The number of benzene rings is 1. The van der Waals surface area contributed by atoms with Gasteiger partial charge in [-0.25, -0.2) is 9.97 Å². The maximum Gasteiger partial charge on any atom is 0.416 e. The van der Waals surface area contributed by atoms with Crippen LogP contribution in [0, 0.1) is 0 Å². The molecule has 2 aromatic rings. The van der Waals surface area contributed by atoms with E-state index < -0.39 is 40.8 Å². The highest BCUT2D eigenvalue weighted by Crippen LogP contribution is 2.38. The summed E-state index contributed by atoms with van der Waals surface area (Å²) in [4.78, 5) is 21.7. The highest BCUT2D eigenvalue weighted by Gasteiger charge is 2.37. The highest BCUT2D eigenvalue weighted by atomic mass is 19.4. The summed E-state index contributed by atoms with van der Waals surface area (Å²) in [6.07, 6.45) is -7.68. The maximum atomic E-state index is 13.1. The fourth-order valence-electron chi connectivity index (χ4n) is 2.97. The second kappa shape index (κ2) is 7.62. The molecule has 156 valence electrons. The van der Waals surface area contributed by atoms with Crippen molar-refractivity contribution in [3.05, 3.63) is 47.3 Å². The number of hydrogen-bond acceptors (Lipinski definition) is 4. The summed E-state index contributed by atoms with van der Waals surface area (Å²) in [6.45, 7) is 0.780. The number of alkyl halides is 6. The minimum atomic E-state index is -4.99. The Morgan fingerprint density at radius 1 is 1.00 bits per heavy atom. The number of piperidine rings is 1. The third kappa shape index (κ3) is 4.84. The van der Waals surface area contributed by atoms with Crippen LogP contribution in [-0.2, 0) is 12.4 Å². The van der Waals surface area contributed by atoms with Gasteiger partial charge in [-0.2, -0.15) is 26.3 Å². The van der Waals surface area contributed by atoms with Crippen molar-refractivity contribution in [3.63, 3.8) is 0 Å². The van der Waals surface area contributed by atoms with Crippen LogP contribution >= 0.6 is 0 Å². The van der Waals surface area contributed by atoms with E-state index in [-0.39, 0.29) is 17.8 Å². The number of nitrogens with zero attached hydrogens (tertiary/aromatic N) is 3. The number of likely N-dealkylation sites (tertiary alicyclic amines) is 1. The molecule has 1 aromatic heterocycles. The van der Waals surface area contributed by atoms with E-state index in [0.29, 0.717) is 38.1 Å². The van der Waals surface area contributed by atoms with Crippen LogP contribution in [-0.4, -0.2) is 39.9 Å². The third-order valence-electron chi connectivity index (χ3n) is 4.55. The van der Waals surface area contributed by atoms with Crippen molar-refractivity contribution in [2.45, 2.75) is 31.2 Å².